The van der Waals surface area contributed by atoms with Crippen LogP contribution < -0.4 is 10.9 Å². The molecule has 0 atom stereocenters. The predicted octanol–water partition coefficient (Wildman–Crippen LogP) is 5.52. The molecule has 2 heterocycles. The second-order valence-electron chi connectivity index (χ2n) is 6.33. The Bertz CT molecular complexity index is 1300. The fourth-order valence-corrected chi connectivity index (χ4v) is 3.17. The molecule has 0 radical (unpaired) electrons. The summed E-state index contributed by atoms with van der Waals surface area (Å²) in [5.41, 5.74) is 1.55. The van der Waals surface area contributed by atoms with E-state index in [0.29, 0.717) is 16.8 Å². The van der Waals surface area contributed by atoms with Crippen molar-refractivity contribution in [3.8, 4) is 0 Å². The van der Waals surface area contributed by atoms with Gasteiger partial charge in [0.15, 0.2) is 0 Å². The molecule has 0 fully saturated rings. The summed E-state index contributed by atoms with van der Waals surface area (Å²) in [6.07, 6.45) is 0. The van der Waals surface area contributed by atoms with Gasteiger partial charge in [-0.1, -0.05) is 34.1 Å². The summed E-state index contributed by atoms with van der Waals surface area (Å²) in [4.78, 5) is 21.5. The first-order valence-electron chi connectivity index (χ1n) is 8.77. The van der Waals surface area contributed by atoms with Crippen LogP contribution in [0.25, 0.3) is 11.0 Å². The van der Waals surface area contributed by atoms with Crippen LogP contribution in [0.1, 0.15) is 16.1 Å². The molecule has 2 aromatic heterocycles. The van der Waals surface area contributed by atoms with Crippen LogP contribution in [-0.4, -0.2) is 10.9 Å². The Hall–Kier alpha value is -3.32. The lowest BCUT2D eigenvalue weighted by molar-refractivity contribution is 0.102. The van der Waals surface area contributed by atoms with Gasteiger partial charge in [-0.15, -0.1) is 0 Å². The van der Waals surface area contributed by atoms with Gasteiger partial charge in [0, 0.05) is 15.6 Å². The van der Waals surface area contributed by atoms with Gasteiger partial charge in [-0.25, -0.2) is 14.4 Å². The molecule has 1 N–H and O–H groups in total. The number of carbonyl (C=O) groups excluding carboxylic acids is 1. The average molecular weight is 452 g/mol. The molecule has 7 heteroatoms. The Morgan fingerprint density at radius 3 is 2.72 bits per heavy atom. The fraction of sp³-hybridized carbons (Fsp3) is 0.0455. The van der Waals surface area contributed by atoms with Gasteiger partial charge < -0.3 is 9.73 Å². The Labute approximate surface area is 174 Å². The normalized spacial score (nSPS) is 11.6. The fourth-order valence-electron chi connectivity index (χ4n) is 2.80. The van der Waals surface area contributed by atoms with Crippen LogP contribution in [0.2, 0.25) is 0 Å². The van der Waals surface area contributed by atoms with E-state index in [1.54, 1.807) is 36.4 Å². The highest BCUT2D eigenvalue weighted by molar-refractivity contribution is 9.10. The Balaban J connectivity index is 1.88. The molecule has 5 nitrogen and oxygen atoms in total. The summed E-state index contributed by atoms with van der Waals surface area (Å²) in [5, 5.41) is 3.45. The third kappa shape index (κ3) is 4.25. The maximum atomic E-state index is 14.1. The molecular weight excluding hydrogens is 437 g/mol. The van der Waals surface area contributed by atoms with E-state index in [9.17, 15) is 9.18 Å². The number of amides is 1. The Morgan fingerprint density at radius 1 is 1.10 bits per heavy atom. The Morgan fingerprint density at radius 2 is 1.93 bits per heavy atom. The lowest BCUT2D eigenvalue weighted by Gasteiger charge is -2.07. The number of halogens is 2. The first-order valence-corrected chi connectivity index (χ1v) is 9.56. The summed E-state index contributed by atoms with van der Waals surface area (Å²) in [6, 6.07) is 18.4. The van der Waals surface area contributed by atoms with E-state index in [2.05, 4.69) is 31.2 Å². The summed E-state index contributed by atoms with van der Waals surface area (Å²) in [7, 11) is 0. The number of rotatable bonds is 3. The topological polar surface area (TPSA) is 67.5 Å². The molecule has 0 aliphatic rings. The highest BCUT2D eigenvalue weighted by Crippen LogP contribution is 2.21. The van der Waals surface area contributed by atoms with E-state index in [0.717, 1.165) is 10.2 Å². The van der Waals surface area contributed by atoms with Crippen LogP contribution in [0.4, 0.5) is 15.9 Å². The molecule has 0 saturated heterocycles. The molecule has 4 aromatic rings. The average Bonchev–Trinajstić information content (AvgIpc) is 2.69. The molecule has 0 aliphatic heterocycles. The largest absolute Gasteiger partial charge is 0.438 e. The number of anilines is 1. The van der Waals surface area contributed by atoms with E-state index in [1.165, 1.54) is 12.1 Å². The van der Waals surface area contributed by atoms with Crippen LogP contribution in [0, 0.1) is 12.7 Å². The maximum Gasteiger partial charge on any atom is 0.262 e. The van der Waals surface area contributed by atoms with Crippen molar-refractivity contribution in [3.63, 3.8) is 0 Å². The number of nitrogens with zero attached hydrogens (tertiary/aromatic N) is 2. The van der Waals surface area contributed by atoms with Crippen LogP contribution >= 0.6 is 15.9 Å². The van der Waals surface area contributed by atoms with Gasteiger partial charge in [0.2, 0.25) is 5.55 Å². The van der Waals surface area contributed by atoms with Crippen LogP contribution in [0.5, 0.6) is 0 Å². The van der Waals surface area contributed by atoms with Crippen molar-refractivity contribution >= 4 is 44.3 Å². The first-order chi connectivity index (χ1) is 14.0. The molecule has 4 rings (SSSR count). The smallest absolute Gasteiger partial charge is 0.262 e. The standard InChI is InChI=1S/C22H15BrFN3O2/c1-13-5-4-8-20(25-13)27-21(28)16-12-14-11-15(23)9-10-19(14)29-22(16)26-18-7-3-2-6-17(18)24/h2-12H,1H3,(H,25,27,28). The minimum atomic E-state index is -0.509. The molecule has 144 valence electrons. The molecular formula is C22H15BrFN3O2. The van der Waals surface area contributed by atoms with Gasteiger partial charge in [0.25, 0.3) is 5.91 Å². The molecule has 0 bridgehead atoms. The molecule has 0 aliphatic carbocycles. The predicted molar refractivity (Wildman–Crippen MR) is 112 cm³/mol. The van der Waals surface area contributed by atoms with Crippen LogP contribution in [-0.2, 0) is 0 Å². The zero-order chi connectivity index (χ0) is 20.4. The zero-order valence-corrected chi connectivity index (χ0v) is 16.9. The molecule has 0 unspecified atom stereocenters. The van der Waals surface area contributed by atoms with Gasteiger partial charge >= 0.3 is 0 Å². The number of hydrogen-bond acceptors (Lipinski definition) is 4. The Kier molecular flexibility index (Phi) is 5.22. The number of pyridine rings is 1. The van der Waals surface area contributed by atoms with E-state index in [1.807, 2.05) is 25.1 Å². The highest BCUT2D eigenvalue weighted by Gasteiger charge is 2.14. The zero-order valence-electron chi connectivity index (χ0n) is 15.3. The van der Waals surface area contributed by atoms with Crippen molar-refractivity contribution < 1.29 is 13.6 Å². The quantitative estimate of drug-likeness (QED) is 0.445. The number of benzene rings is 2. The first kappa shape index (κ1) is 19.0. The van der Waals surface area contributed by atoms with Crippen molar-refractivity contribution in [2.45, 2.75) is 6.92 Å². The van der Waals surface area contributed by atoms with Gasteiger partial charge in [0.05, 0.1) is 0 Å². The third-order valence-electron chi connectivity index (χ3n) is 4.16. The molecule has 29 heavy (non-hydrogen) atoms. The van der Waals surface area contributed by atoms with Gasteiger partial charge in [-0.05, 0) is 55.5 Å². The van der Waals surface area contributed by atoms with Crippen molar-refractivity contribution in [2.75, 3.05) is 5.32 Å². The monoisotopic (exact) mass is 451 g/mol. The van der Waals surface area contributed by atoms with Crippen molar-refractivity contribution in [1.29, 1.82) is 0 Å². The van der Waals surface area contributed by atoms with Crippen LogP contribution in [0.15, 0.2) is 80.6 Å². The van der Waals surface area contributed by atoms with Gasteiger partial charge in [-0.3, -0.25) is 4.79 Å². The number of carbonyl (C=O) groups is 1. The minimum Gasteiger partial charge on any atom is -0.438 e. The van der Waals surface area contributed by atoms with E-state index < -0.39 is 11.7 Å². The SMILES string of the molecule is Cc1cccc(NC(=O)c2cc3cc(Br)ccc3oc2=Nc2ccccc2F)n1. The maximum absolute atomic E-state index is 14.1. The molecule has 2 aromatic carbocycles. The number of aryl methyl sites for hydroxylation is 1. The second-order valence-corrected chi connectivity index (χ2v) is 7.24. The number of nitrogens with one attached hydrogen (secondary N) is 1. The van der Waals surface area contributed by atoms with E-state index in [-0.39, 0.29) is 16.8 Å². The number of para-hydroxylation sites is 1. The molecule has 1 amide bonds. The lowest BCUT2D eigenvalue weighted by Crippen LogP contribution is -2.22. The summed E-state index contributed by atoms with van der Waals surface area (Å²) >= 11 is 3.41. The van der Waals surface area contributed by atoms with E-state index >= 15 is 0 Å². The van der Waals surface area contributed by atoms with Crippen molar-refractivity contribution in [1.82, 2.24) is 4.98 Å². The highest BCUT2D eigenvalue weighted by atomic mass is 79.9. The van der Waals surface area contributed by atoms with E-state index in [4.69, 9.17) is 4.42 Å². The lowest BCUT2D eigenvalue weighted by atomic mass is 10.1. The minimum absolute atomic E-state index is 0.00933. The van der Waals surface area contributed by atoms with Crippen LogP contribution in [0.3, 0.4) is 0 Å². The number of aromatic nitrogens is 1. The van der Waals surface area contributed by atoms with Gasteiger partial charge in [0.1, 0.15) is 28.5 Å². The second kappa shape index (κ2) is 7.97. The number of fused-ring (bicyclic) bond motifs is 1. The van der Waals surface area contributed by atoms with Crippen molar-refractivity contribution in [3.05, 3.63) is 93.8 Å². The molecule has 0 spiro atoms. The summed E-state index contributed by atoms with van der Waals surface area (Å²) in [5.74, 6) is -0.560. The summed E-state index contributed by atoms with van der Waals surface area (Å²) < 4.78 is 20.8. The van der Waals surface area contributed by atoms with Crippen molar-refractivity contribution in [2.24, 2.45) is 4.99 Å². The van der Waals surface area contributed by atoms with Gasteiger partial charge in [-0.2, -0.15) is 0 Å². The number of hydrogen-bond donors (Lipinski definition) is 1. The third-order valence-corrected chi connectivity index (χ3v) is 4.65. The molecule has 0 saturated carbocycles. The summed E-state index contributed by atoms with van der Waals surface area (Å²) in [6.45, 7) is 1.83.